The average molecular weight is 202 g/mol. The molecule has 0 fully saturated rings. The van der Waals surface area contributed by atoms with Gasteiger partial charge in [-0.15, -0.1) is 0 Å². The highest BCUT2D eigenvalue weighted by molar-refractivity contribution is 5.86. The quantitative estimate of drug-likeness (QED) is 0.771. The van der Waals surface area contributed by atoms with E-state index >= 15 is 0 Å². The summed E-state index contributed by atoms with van der Waals surface area (Å²) in [7, 11) is 0. The number of aliphatic hydroxyl groups is 1. The van der Waals surface area contributed by atoms with Crippen molar-refractivity contribution in [3.8, 4) is 0 Å². The number of fused-ring (bicyclic) bond motifs is 3. The summed E-state index contributed by atoms with van der Waals surface area (Å²) in [6.07, 6.45) is 4.61. The average Bonchev–Trinajstić information content (AvgIpc) is 2.67. The predicted molar refractivity (Wildman–Crippen MR) is 58.8 cm³/mol. The number of benzene rings is 1. The molecular formula is C13H14O2. The van der Waals surface area contributed by atoms with E-state index in [2.05, 4.69) is 0 Å². The maximum atomic E-state index is 9.31. The number of hydrogen-bond acceptors (Lipinski definition) is 2. The maximum absolute atomic E-state index is 9.31. The van der Waals surface area contributed by atoms with Gasteiger partial charge in [-0.1, -0.05) is 12.1 Å². The van der Waals surface area contributed by atoms with E-state index in [1.807, 2.05) is 18.2 Å². The van der Waals surface area contributed by atoms with Crippen LogP contribution in [0.5, 0.6) is 0 Å². The Morgan fingerprint density at radius 1 is 1.20 bits per heavy atom. The van der Waals surface area contributed by atoms with Gasteiger partial charge in [-0.05, 0) is 30.9 Å². The Hall–Kier alpha value is -1.28. The van der Waals surface area contributed by atoms with Crippen molar-refractivity contribution in [1.82, 2.24) is 0 Å². The van der Waals surface area contributed by atoms with E-state index < -0.39 is 0 Å². The first-order valence-corrected chi connectivity index (χ1v) is 5.53. The van der Waals surface area contributed by atoms with Gasteiger partial charge in [0.25, 0.3) is 0 Å². The van der Waals surface area contributed by atoms with Crippen LogP contribution in [0.4, 0.5) is 0 Å². The molecule has 0 saturated carbocycles. The molecule has 1 aromatic carbocycles. The van der Waals surface area contributed by atoms with Crippen LogP contribution >= 0.6 is 0 Å². The SMILES string of the molecule is OCc1cccc2oc3c(c12)CCCC3. The Balaban J connectivity index is 2.33. The van der Waals surface area contributed by atoms with Gasteiger partial charge in [-0.2, -0.15) is 0 Å². The van der Waals surface area contributed by atoms with Gasteiger partial charge in [0.15, 0.2) is 0 Å². The second-order valence-electron chi connectivity index (χ2n) is 4.16. The standard InChI is InChI=1S/C13H14O2/c14-8-9-4-3-7-12-13(9)10-5-1-2-6-11(10)15-12/h3-4,7,14H,1-2,5-6,8H2. The second kappa shape index (κ2) is 3.38. The summed E-state index contributed by atoms with van der Waals surface area (Å²) < 4.78 is 5.82. The zero-order chi connectivity index (χ0) is 10.3. The third-order valence-electron chi connectivity index (χ3n) is 3.24. The minimum absolute atomic E-state index is 0.101. The minimum atomic E-state index is 0.101. The fraction of sp³-hybridized carbons (Fsp3) is 0.385. The highest BCUT2D eigenvalue weighted by Crippen LogP contribution is 2.33. The van der Waals surface area contributed by atoms with Gasteiger partial charge in [0.2, 0.25) is 0 Å². The molecule has 0 bridgehead atoms. The largest absolute Gasteiger partial charge is 0.461 e. The van der Waals surface area contributed by atoms with Crippen LogP contribution in [-0.2, 0) is 19.4 Å². The van der Waals surface area contributed by atoms with Crippen molar-refractivity contribution in [2.75, 3.05) is 0 Å². The van der Waals surface area contributed by atoms with E-state index in [9.17, 15) is 5.11 Å². The van der Waals surface area contributed by atoms with Crippen LogP contribution in [0.2, 0.25) is 0 Å². The molecule has 0 radical (unpaired) electrons. The fourth-order valence-corrected chi connectivity index (χ4v) is 2.52. The lowest BCUT2D eigenvalue weighted by atomic mass is 9.94. The minimum Gasteiger partial charge on any atom is -0.461 e. The van der Waals surface area contributed by atoms with E-state index in [4.69, 9.17) is 4.42 Å². The van der Waals surface area contributed by atoms with Crippen molar-refractivity contribution < 1.29 is 9.52 Å². The first-order chi connectivity index (χ1) is 7.40. The molecule has 0 amide bonds. The van der Waals surface area contributed by atoms with Crippen molar-refractivity contribution in [2.24, 2.45) is 0 Å². The Kier molecular flexibility index (Phi) is 2.03. The maximum Gasteiger partial charge on any atom is 0.134 e. The van der Waals surface area contributed by atoms with Crippen LogP contribution in [0.25, 0.3) is 11.0 Å². The third kappa shape index (κ3) is 1.29. The lowest BCUT2D eigenvalue weighted by molar-refractivity contribution is 0.283. The molecule has 78 valence electrons. The Labute approximate surface area is 88.5 Å². The molecule has 1 aliphatic carbocycles. The molecule has 1 aliphatic rings. The summed E-state index contributed by atoms with van der Waals surface area (Å²) in [6, 6.07) is 5.92. The summed E-state index contributed by atoms with van der Waals surface area (Å²) in [4.78, 5) is 0. The van der Waals surface area contributed by atoms with Crippen LogP contribution in [0, 0.1) is 0 Å². The highest BCUT2D eigenvalue weighted by atomic mass is 16.3. The van der Waals surface area contributed by atoms with Crippen molar-refractivity contribution in [3.05, 3.63) is 35.1 Å². The molecule has 3 rings (SSSR count). The summed E-state index contributed by atoms with van der Waals surface area (Å²) >= 11 is 0. The van der Waals surface area contributed by atoms with Crippen molar-refractivity contribution >= 4 is 11.0 Å². The molecule has 0 spiro atoms. The van der Waals surface area contributed by atoms with E-state index in [0.29, 0.717) is 0 Å². The Morgan fingerprint density at radius 3 is 2.93 bits per heavy atom. The van der Waals surface area contributed by atoms with Gasteiger partial charge in [0, 0.05) is 17.4 Å². The van der Waals surface area contributed by atoms with Crippen molar-refractivity contribution in [1.29, 1.82) is 0 Å². The molecule has 0 atom stereocenters. The molecule has 2 aromatic rings. The smallest absolute Gasteiger partial charge is 0.134 e. The predicted octanol–water partition coefficient (Wildman–Crippen LogP) is 2.80. The normalized spacial score (nSPS) is 15.5. The van der Waals surface area contributed by atoms with Crippen molar-refractivity contribution in [3.63, 3.8) is 0 Å². The Morgan fingerprint density at radius 2 is 2.07 bits per heavy atom. The van der Waals surface area contributed by atoms with Gasteiger partial charge in [0.05, 0.1) is 6.61 Å². The van der Waals surface area contributed by atoms with E-state index in [1.165, 1.54) is 18.4 Å². The van der Waals surface area contributed by atoms with Crippen LogP contribution < -0.4 is 0 Å². The molecule has 0 unspecified atom stereocenters. The zero-order valence-electron chi connectivity index (χ0n) is 8.62. The van der Waals surface area contributed by atoms with Crippen LogP contribution in [0.15, 0.2) is 22.6 Å². The van der Waals surface area contributed by atoms with E-state index in [-0.39, 0.29) is 6.61 Å². The number of rotatable bonds is 1. The zero-order valence-corrected chi connectivity index (χ0v) is 8.62. The molecule has 1 heterocycles. The third-order valence-corrected chi connectivity index (χ3v) is 3.24. The van der Waals surface area contributed by atoms with Crippen LogP contribution in [0.1, 0.15) is 29.7 Å². The number of hydrogen-bond donors (Lipinski definition) is 1. The summed E-state index contributed by atoms with van der Waals surface area (Å²) in [5.41, 5.74) is 3.27. The fourth-order valence-electron chi connectivity index (χ4n) is 2.52. The summed E-state index contributed by atoms with van der Waals surface area (Å²) in [6.45, 7) is 0.101. The molecule has 1 N–H and O–H groups in total. The van der Waals surface area contributed by atoms with Gasteiger partial charge in [-0.3, -0.25) is 0 Å². The first kappa shape index (κ1) is 8.98. The van der Waals surface area contributed by atoms with Crippen LogP contribution in [-0.4, -0.2) is 5.11 Å². The molecule has 0 aliphatic heterocycles. The van der Waals surface area contributed by atoms with Crippen molar-refractivity contribution in [2.45, 2.75) is 32.3 Å². The highest BCUT2D eigenvalue weighted by Gasteiger charge is 2.19. The molecule has 2 heteroatoms. The molecule has 0 saturated heterocycles. The number of aliphatic hydroxyl groups excluding tert-OH is 1. The molecule has 15 heavy (non-hydrogen) atoms. The number of aryl methyl sites for hydroxylation is 2. The topological polar surface area (TPSA) is 33.4 Å². The van der Waals surface area contributed by atoms with Gasteiger partial charge < -0.3 is 9.52 Å². The summed E-state index contributed by atoms with van der Waals surface area (Å²) in [5.74, 6) is 1.14. The Bertz CT molecular complexity index is 496. The molecular weight excluding hydrogens is 188 g/mol. The van der Waals surface area contributed by atoms with Gasteiger partial charge >= 0.3 is 0 Å². The van der Waals surface area contributed by atoms with Gasteiger partial charge in [-0.25, -0.2) is 0 Å². The van der Waals surface area contributed by atoms with E-state index in [1.54, 1.807) is 0 Å². The monoisotopic (exact) mass is 202 g/mol. The number of furan rings is 1. The second-order valence-corrected chi connectivity index (χ2v) is 4.16. The molecule has 2 nitrogen and oxygen atoms in total. The van der Waals surface area contributed by atoms with Gasteiger partial charge in [0.1, 0.15) is 11.3 Å². The lowest BCUT2D eigenvalue weighted by Crippen LogP contribution is -1.99. The first-order valence-electron chi connectivity index (χ1n) is 5.53. The van der Waals surface area contributed by atoms with E-state index in [0.717, 1.165) is 35.1 Å². The lowest BCUT2D eigenvalue weighted by Gasteiger charge is -2.09. The van der Waals surface area contributed by atoms with Crippen LogP contribution in [0.3, 0.4) is 0 Å². The summed E-state index contributed by atoms with van der Waals surface area (Å²) in [5, 5.41) is 10.5. The molecule has 1 aromatic heterocycles.